The first-order chi connectivity index (χ1) is 30.7. The molecule has 0 aliphatic heterocycles. The summed E-state index contributed by atoms with van der Waals surface area (Å²) in [7, 11) is 0. The molecular weight excluding hydrogens is 765 g/mol. The van der Waals surface area contributed by atoms with Crippen LogP contribution in [0.25, 0.3) is 138 Å². The molecule has 0 spiro atoms. The molecule has 0 fully saturated rings. The predicted molar refractivity (Wildman–Crippen MR) is 250 cm³/mol. The number of hydrogen-bond donors (Lipinski definition) is 0. The van der Waals surface area contributed by atoms with E-state index in [2.05, 4.69) is 108 Å². The second-order valence-electron chi connectivity index (χ2n) is 15.9. The Morgan fingerprint density at radius 1 is 0.306 bits per heavy atom. The monoisotopic (exact) mass is 794 g/mol. The molecule has 5 heterocycles. The van der Waals surface area contributed by atoms with Crippen LogP contribution in [-0.4, -0.2) is 19.5 Å². The molecule has 0 saturated carbocycles. The highest BCUT2D eigenvalue weighted by Crippen LogP contribution is 2.43. The van der Waals surface area contributed by atoms with Crippen LogP contribution in [0.5, 0.6) is 0 Å². The quantitative estimate of drug-likeness (QED) is 0.176. The third-order valence-corrected chi connectivity index (χ3v) is 12.4. The van der Waals surface area contributed by atoms with Crippen LogP contribution in [-0.2, 0) is 0 Å². The zero-order chi connectivity index (χ0) is 40.5. The molecule has 288 valence electrons. The molecule has 0 radical (unpaired) electrons. The number of hydrogen-bond acceptors (Lipinski definition) is 6. The summed E-state index contributed by atoms with van der Waals surface area (Å²) >= 11 is 0. The molecule has 0 amide bonds. The number of aromatic nitrogens is 4. The smallest absolute Gasteiger partial charge is 0.164 e. The number of fused-ring (bicyclic) bond motifs is 13. The molecule has 0 atom stereocenters. The highest BCUT2D eigenvalue weighted by atomic mass is 16.3. The number of benzene rings is 9. The maximum Gasteiger partial charge on any atom is 0.164 e. The van der Waals surface area contributed by atoms with Gasteiger partial charge in [-0.25, -0.2) is 15.0 Å². The Balaban J connectivity index is 1.12. The first-order valence-electron chi connectivity index (χ1n) is 20.7. The minimum absolute atomic E-state index is 0.518. The van der Waals surface area contributed by atoms with Crippen molar-refractivity contribution in [1.29, 1.82) is 0 Å². The second kappa shape index (κ2) is 12.5. The molecule has 9 aromatic carbocycles. The van der Waals surface area contributed by atoms with Crippen molar-refractivity contribution in [1.82, 2.24) is 19.5 Å². The molecule has 5 aromatic heterocycles. The predicted octanol–water partition coefficient (Wildman–Crippen LogP) is 14.8. The van der Waals surface area contributed by atoms with Crippen LogP contribution in [0.15, 0.2) is 195 Å². The van der Waals surface area contributed by atoms with Gasteiger partial charge in [0.15, 0.2) is 17.5 Å². The highest BCUT2D eigenvalue weighted by molar-refractivity contribution is 6.17. The molecule has 62 heavy (non-hydrogen) atoms. The number of nitrogens with zero attached hydrogens (tertiary/aromatic N) is 4. The van der Waals surface area contributed by atoms with E-state index in [0.717, 1.165) is 99.2 Å². The molecule has 14 aromatic rings. The lowest BCUT2D eigenvalue weighted by atomic mass is 10.0. The Morgan fingerprint density at radius 2 is 0.758 bits per heavy atom. The van der Waals surface area contributed by atoms with E-state index in [0.29, 0.717) is 17.5 Å². The molecule has 0 N–H and O–H groups in total. The van der Waals surface area contributed by atoms with Crippen molar-refractivity contribution in [3.8, 4) is 39.9 Å². The van der Waals surface area contributed by atoms with Crippen molar-refractivity contribution in [3.63, 3.8) is 0 Å². The third kappa shape index (κ3) is 4.73. The average molecular weight is 795 g/mol. The van der Waals surface area contributed by atoms with Crippen LogP contribution < -0.4 is 0 Å². The van der Waals surface area contributed by atoms with Crippen LogP contribution in [0.1, 0.15) is 0 Å². The van der Waals surface area contributed by atoms with Gasteiger partial charge in [-0.2, -0.15) is 0 Å². The van der Waals surface area contributed by atoms with E-state index in [1.165, 1.54) is 21.5 Å². The van der Waals surface area contributed by atoms with Crippen LogP contribution in [0.2, 0.25) is 0 Å². The van der Waals surface area contributed by atoms with Crippen molar-refractivity contribution < 1.29 is 13.3 Å². The number of para-hydroxylation sites is 4. The summed E-state index contributed by atoms with van der Waals surface area (Å²) in [4.78, 5) is 16.3. The number of rotatable bonds is 4. The first kappa shape index (κ1) is 33.3. The summed E-state index contributed by atoms with van der Waals surface area (Å²) in [6, 6.07) is 62.7. The van der Waals surface area contributed by atoms with Gasteiger partial charge in [-0.05, 0) is 65.4 Å². The minimum Gasteiger partial charge on any atom is -0.456 e. The summed E-state index contributed by atoms with van der Waals surface area (Å²) in [5, 5.41) is 10.5. The van der Waals surface area contributed by atoms with Gasteiger partial charge in [-0.1, -0.05) is 121 Å². The van der Waals surface area contributed by atoms with Gasteiger partial charge in [0.1, 0.15) is 33.5 Å². The van der Waals surface area contributed by atoms with Gasteiger partial charge in [-0.15, -0.1) is 0 Å². The SMILES string of the molecule is c1ccc2cc3c(cc2c1)c1ccccc1n3-c1cc(-c2nc(-c3cccc4oc5ccccc5c34)nc(-c3cccc4oc5ccccc5c34)n2)c2c(c1)oc1ccccc12. The molecule has 0 unspecified atom stereocenters. The Bertz CT molecular complexity index is 4060. The van der Waals surface area contributed by atoms with Crippen molar-refractivity contribution in [2.75, 3.05) is 0 Å². The van der Waals surface area contributed by atoms with Crippen molar-refractivity contribution in [2.45, 2.75) is 0 Å². The van der Waals surface area contributed by atoms with Gasteiger partial charge in [0.2, 0.25) is 0 Å². The van der Waals surface area contributed by atoms with Gasteiger partial charge in [0.25, 0.3) is 0 Å². The summed E-state index contributed by atoms with van der Waals surface area (Å²) in [6.45, 7) is 0. The summed E-state index contributed by atoms with van der Waals surface area (Å²) < 4.78 is 21.9. The second-order valence-corrected chi connectivity index (χ2v) is 15.9. The van der Waals surface area contributed by atoms with Crippen LogP contribution >= 0.6 is 0 Å². The Hall–Kier alpha value is -8.55. The summed E-state index contributed by atoms with van der Waals surface area (Å²) in [5.74, 6) is 1.58. The molecule has 0 aliphatic rings. The molecule has 0 saturated heterocycles. The fourth-order valence-electron chi connectivity index (χ4n) is 9.74. The van der Waals surface area contributed by atoms with Crippen molar-refractivity contribution in [3.05, 3.63) is 182 Å². The fourth-order valence-corrected chi connectivity index (χ4v) is 9.74. The normalized spacial score (nSPS) is 12.2. The van der Waals surface area contributed by atoms with Gasteiger partial charge >= 0.3 is 0 Å². The Morgan fingerprint density at radius 3 is 1.35 bits per heavy atom. The highest BCUT2D eigenvalue weighted by Gasteiger charge is 2.24. The van der Waals surface area contributed by atoms with Crippen LogP contribution in [0.3, 0.4) is 0 Å². The lowest BCUT2D eigenvalue weighted by Gasteiger charge is -2.13. The molecule has 7 nitrogen and oxygen atoms in total. The van der Waals surface area contributed by atoms with E-state index in [1.54, 1.807) is 0 Å². The van der Waals surface area contributed by atoms with E-state index >= 15 is 0 Å². The third-order valence-electron chi connectivity index (χ3n) is 12.4. The minimum atomic E-state index is 0.518. The van der Waals surface area contributed by atoms with Crippen LogP contribution in [0, 0.1) is 0 Å². The molecule has 7 heteroatoms. The van der Waals surface area contributed by atoms with Crippen LogP contribution in [0.4, 0.5) is 0 Å². The standard InChI is InChI=1S/C55H30N4O3/c1-2-14-32-28-43-40(27-31(32)13-1)34-15-3-7-21-42(34)59(43)33-29-41(52-37-18-6-10-24-46(37)62-49(52)30-33)55-57-53(38-19-11-25-47-50(38)35-16-4-8-22-44(35)60-47)56-54(58-55)39-20-12-26-48-51(39)36-17-5-9-23-45(36)61-48/h1-30H. The van der Waals surface area contributed by atoms with E-state index in [-0.39, 0.29) is 0 Å². The van der Waals surface area contributed by atoms with E-state index in [1.807, 2.05) is 78.9 Å². The molecule has 0 aliphatic carbocycles. The van der Waals surface area contributed by atoms with Crippen molar-refractivity contribution in [2.24, 2.45) is 0 Å². The first-order valence-corrected chi connectivity index (χ1v) is 20.7. The Kier molecular flexibility index (Phi) is 6.71. The van der Waals surface area contributed by atoms with Crippen molar-refractivity contribution >= 4 is 98.4 Å². The van der Waals surface area contributed by atoms with E-state index < -0.39 is 0 Å². The lowest BCUT2D eigenvalue weighted by Crippen LogP contribution is -2.02. The van der Waals surface area contributed by atoms with E-state index in [9.17, 15) is 0 Å². The van der Waals surface area contributed by atoms with Gasteiger partial charge < -0.3 is 17.8 Å². The fraction of sp³-hybridized carbons (Fsp3) is 0. The maximum atomic E-state index is 6.76. The van der Waals surface area contributed by atoms with E-state index in [4.69, 9.17) is 28.2 Å². The lowest BCUT2D eigenvalue weighted by molar-refractivity contribution is 0.668. The largest absolute Gasteiger partial charge is 0.456 e. The van der Waals surface area contributed by atoms with Gasteiger partial charge in [-0.3, -0.25) is 0 Å². The average Bonchev–Trinajstić information content (AvgIpc) is 4.09. The zero-order valence-corrected chi connectivity index (χ0v) is 32.8. The maximum absolute atomic E-state index is 6.76. The zero-order valence-electron chi connectivity index (χ0n) is 32.8. The van der Waals surface area contributed by atoms with Gasteiger partial charge in [0.05, 0.1) is 16.7 Å². The van der Waals surface area contributed by atoms with Gasteiger partial charge in [0, 0.05) is 65.8 Å². The summed E-state index contributed by atoms with van der Waals surface area (Å²) in [5.41, 5.74) is 10.3. The molecule has 0 bridgehead atoms. The molecule has 14 rings (SSSR count). The molecular formula is C55H30N4O3. The topological polar surface area (TPSA) is 83.0 Å². The number of furan rings is 3. The Labute approximate surface area is 351 Å². The summed E-state index contributed by atoms with van der Waals surface area (Å²) in [6.07, 6.45) is 0.